The number of ether oxygens (including phenoxy) is 1. The van der Waals surface area contributed by atoms with Crippen LogP contribution in [0.4, 0.5) is 0 Å². The van der Waals surface area contributed by atoms with Crippen LogP contribution in [0.3, 0.4) is 0 Å². The van der Waals surface area contributed by atoms with Gasteiger partial charge in [-0.1, -0.05) is 42.1 Å². The van der Waals surface area contributed by atoms with Gasteiger partial charge in [0.2, 0.25) is 0 Å². The number of benzene rings is 2. The Balaban J connectivity index is 1.41. The van der Waals surface area contributed by atoms with Gasteiger partial charge in [-0.3, -0.25) is 4.98 Å². The number of nitrogens with zero attached hydrogens (tertiary/aromatic N) is 2. The average Bonchev–Trinajstić information content (AvgIpc) is 3.04. The Morgan fingerprint density at radius 2 is 1.88 bits per heavy atom. The highest BCUT2D eigenvalue weighted by molar-refractivity contribution is 8.01. The van der Waals surface area contributed by atoms with E-state index in [4.69, 9.17) is 4.74 Å². The van der Waals surface area contributed by atoms with E-state index in [0.29, 0.717) is 5.56 Å². The van der Waals surface area contributed by atoms with Crippen molar-refractivity contribution in [3.63, 3.8) is 0 Å². The van der Waals surface area contributed by atoms with Gasteiger partial charge < -0.3 is 4.74 Å². The molecule has 0 saturated carbocycles. The number of thioether (sulfide) groups is 1. The number of rotatable bonds is 4. The molecule has 0 aliphatic rings. The van der Waals surface area contributed by atoms with Crippen molar-refractivity contribution in [3.05, 3.63) is 66.4 Å². The highest BCUT2D eigenvalue weighted by atomic mass is 32.2. The lowest BCUT2D eigenvalue weighted by Gasteiger charge is -2.04. The first-order valence-electron chi connectivity index (χ1n) is 7.30. The molecule has 0 amide bonds. The topological polar surface area (TPSA) is 52.1 Å². The number of carbonyl (C=O) groups is 1. The van der Waals surface area contributed by atoms with Crippen LogP contribution in [0.5, 0.6) is 0 Å². The number of thiazole rings is 1. The molecular weight excluding hydrogens is 340 g/mol. The molecule has 4 rings (SSSR count). The fourth-order valence-electron chi connectivity index (χ4n) is 2.31. The molecule has 4 aromatic rings. The molecule has 4 nitrogen and oxygen atoms in total. The molecule has 24 heavy (non-hydrogen) atoms. The minimum atomic E-state index is -0.373. The predicted molar refractivity (Wildman–Crippen MR) is 97.5 cm³/mol. The molecule has 0 unspecified atom stereocenters. The van der Waals surface area contributed by atoms with Gasteiger partial charge in [-0.05, 0) is 24.3 Å². The lowest BCUT2D eigenvalue weighted by atomic mass is 10.2. The van der Waals surface area contributed by atoms with Crippen molar-refractivity contribution < 1.29 is 9.53 Å². The van der Waals surface area contributed by atoms with Gasteiger partial charge in [0.15, 0.2) is 4.34 Å². The minimum Gasteiger partial charge on any atom is -0.451 e. The quantitative estimate of drug-likeness (QED) is 0.301. The molecule has 0 radical (unpaired) electrons. The first-order valence-corrected chi connectivity index (χ1v) is 9.10. The summed E-state index contributed by atoms with van der Waals surface area (Å²) in [5.41, 5.74) is 2.28. The summed E-state index contributed by atoms with van der Waals surface area (Å²) in [4.78, 5) is 20.9. The molecule has 118 valence electrons. The Labute approximate surface area is 146 Å². The van der Waals surface area contributed by atoms with Gasteiger partial charge in [0, 0.05) is 11.6 Å². The fraction of sp³-hybridized carbons (Fsp3) is 0.0556. The summed E-state index contributed by atoms with van der Waals surface area (Å²) in [5.74, 6) is -0.146. The van der Waals surface area contributed by atoms with Crippen molar-refractivity contribution >= 4 is 50.2 Å². The van der Waals surface area contributed by atoms with Gasteiger partial charge in [0.25, 0.3) is 0 Å². The number of fused-ring (bicyclic) bond motifs is 2. The molecule has 0 spiro atoms. The summed E-state index contributed by atoms with van der Waals surface area (Å²) >= 11 is 3.01. The Morgan fingerprint density at radius 1 is 1.08 bits per heavy atom. The van der Waals surface area contributed by atoms with Crippen molar-refractivity contribution in [2.45, 2.75) is 4.34 Å². The smallest absolute Gasteiger partial charge is 0.340 e. The Kier molecular flexibility index (Phi) is 4.15. The lowest BCUT2D eigenvalue weighted by Crippen LogP contribution is -2.05. The van der Waals surface area contributed by atoms with Crippen LogP contribution < -0.4 is 0 Å². The number of esters is 1. The number of hydrogen-bond acceptors (Lipinski definition) is 6. The highest BCUT2D eigenvalue weighted by Gasteiger charge is 2.10. The van der Waals surface area contributed by atoms with E-state index in [2.05, 4.69) is 9.97 Å². The molecule has 0 fully saturated rings. The monoisotopic (exact) mass is 352 g/mol. The second kappa shape index (κ2) is 6.59. The second-order valence-electron chi connectivity index (χ2n) is 5.06. The minimum absolute atomic E-state index is 0.228. The summed E-state index contributed by atoms with van der Waals surface area (Å²) in [6.45, 7) is 0. The van der Waals surface area contributed by atoms with Crippen LogP contribution in [0, 0.1) is 0 Å². The van der Waals surface area contributed by atoms with Crippen LogP contribution in [0.1, 0.15) is 10.4 Å². The average molecular weight is 352 g/mol. The third-order valence-corrected chi connectivity index (χ3v) is 5.48. The Hall–Kier alpha value is -2.44. The largest absolute Gasteiger partial charge is 0.451 e. The zero-order valence-corrected chi connectivity index (χ0v) is 14.1. The predicted octanol–water partition coefficient (Wildman–Crippen LogP) is 4.75. The molecule has 6 heteroatoms. The van der Waals surface area contributed by atoms with Crippen molar-refractivity contribution in [2.75, 3.05) is 5.94 Å². The number of para-hydroxylation sites is 2. The Bertz CT molecular complexity index is 997. The molecule has 2 aromatic carbocycles. The highest BCUT2D eigenvalue weighted by Crippen LogP contribution is 2.29. The number of carbonyl (C=O) groups excluding carboxylic acids is 1. The first kappa shape index (κ1) is 15.1. The van der Waals surface area contributed by atoms with Crippen molar-refractivity contribution in [1.29, 1.82) is 0 Å². The zero-order chi connectivity index (χ0) is 16.4. The van der Waals surface area contributed by atoms with E-state index in [1.165, 1.54) is 11.8 Å². The maximum absolute atomic E-state index is 12.2. The van der Waals surface area contributed by atoms with Gasteiger partial charge in [0.1, 0.15) is 5.94 Å². The number of pyridine rings is 1. The van der Waals surface area contributed by atoms with Crippen LogP contribution in [0.15, 0.2) is 65.1 Å². The fourth-order valence-corrected chi connectivity index (χ4v) is 4.09. The molecule has 2 heterocycles. The zero-order valence-electron chi connectivity index (χ0n) is 12.5. The van der Waals surface area contributed by atoms with Gasteiger partial charge >= 0.3 is 5.97 Å². The van der Waals surface area contributed by atoms with Crippen molar-refractivity contribution in [3.8, 4) is 0 Å². The standard InChI is InChI=1S/C18H12N2O2S2/c21-17(13-9-12-5-1-2-6-14(12)19-10-13)22-11-23-18-20-15-7-3-4-8-16(15)24-18/h1-10H,11H2. The van der Waals surface area contributed by atoms with E-state index in [9.17, 15) is 4.79 Å². The van der Waals surface area contributed by atoms with Crippen molar-refractivity contribution in [1.82, 2.24) is 9.97 Å². The van der Waals surface area contributed by atoms with Crippen LogP contribution in [-0.2, 0) is 4.74 Å². The van der Waals surface area contributed by atoms with E-state index in [-0.39, 0.29) is 11.9 Å². The molecular formula is C18H12N2O2S2. The van der Waals surface area contributed by atoms with Crippen molar-refractivity contribution in [2.24, 2.45) is 0 Å². The van der Waals surface area contributed by atoms with Gasteiger partial charge in [0.05, 0.1) is 21.3 Å². The van der Waals surface area contributed by atoms with Crippen LogP contribution >= 0.6 is 23.1 Å². The second-order valence-corrected chi connectivity index (χ2v) is 7.26. The lowest BCUT2D eigenvalue weighted by molar-refractivity contribution is 0.0579. The van der Waals surface area contributed by atoms with E-state index in [0.717, 1.165) is 25.5 Å². The summed E-state index contributed by atoms with van der Waals surface area (Å²) in [6.07, 6.45) is 1.55. The number of aromatic nitrogens is 2. The number of hydrogen-bond donors (Lipinski definition) is 0. The summed E-state index contributed by atoms with van der Waals surface area (Å²) in [6, 6.07) is 17.4. The molecule has 0 bridgehead atoms. The van der Waals surface area contributed by atoms with E-state index < -0.39 is 0 Å². The van der Waals surface area contributed by atoms with Gasteiger partial charge in [-0.15, -0.1) is 11.3 Å². The van der Waals surface area contributed by atoms with Crippen LogP contribution in [-0.4, -0.2) is 21.9 Å². The summed E-state index contributed by atoms with van der Waals surface area (Å²) < 4.78 is 7.35. The molecule has 0 saturated heterocycles. The normalized spacial score (nSPS) is 11.0. The molecule has 0 aliphatic carbocycles. The van der Waals surface area contributed by atoms with Crippen LogP contribution in [0.2, 0.25) is 0 Å². The van der Waals surface area contributed by atoms with Gasteiger partial charge in [-0.25, -0.2) is 9.78 Å². The molecule has 0 N–H and O–H groups in total. The molecule has 0 atom stereocenters. The molecule has 2 aromatic heterocycles. The van der Waals surface area contributed by atoms with E-state index in [1.54, 1.807) is 23.6 Å². The SMILES string of the molecule is O=C(OCSc1nc2ccccc2s1)c1cnc2ccccc2c1. The van der Waals surface area contributed by atoms with Crippen LogP contribution in [0.25, 0.3) is 21.1 Å². The summed E-state index contributed by atoms with van der Waals surface area (Å²) in [5, 5.41) is 0.922. The first-order chi connectivity index (χ1) is 11.8. The third-order valence-electron chi connectivity index (χ3n) is 3.47. The van der Waals surface area contributed by atoms with E-state index in [1.807, 2.05) is 48.5 Å². The Morgan fingerprint density at radius 3 is 2.75 bits per heavy atom. The molecule has 0 aliphatic heterocycles. The third kappa shape index (κ3) is 3.11. The van der Waals surface area contributed by atoms with E-state index >= 15 is 0 Å². The maximum atomic E-state index is 12.2. The maximum Gasteiger partial charge on any atom is 0.340 e. The summed E-state index contributed by atoms with van der Waals surface area (Å²) in [7, 11) is 0. The van der Waals surface area contributed by atoms with Gasteiger partial charge in [-0.2, -0.15) is 0 Å².